The number of amides is 1. The Kier molecular flexibility index (Phi) is 7.59. The van der Waals surface area contributed by atoms with Crippen molar-refractivity contribution < 1.29 is 18.7 Å². The van der Waals surface area contributed by atoms with E-state index >= 15 is 0 Å². The van der Waals surface area contributed by atoms with Gasteiger partial charge in [0, 0.05) is 18.9 Å². The molecule has 1 saturated heterocycles. The van der Waals surface area contributed by atoms with Gasteiger partial charge in [-0.3, -0.25) is 4.79 Å². The molecular weight excluding hydrogens is 371 g/mol. The highest BCUT2D eigenvalue weighted by molar-refractivity contribution is 5.97. The van der Waals surface area contributed by atoms with Crippen LogP contribution in [0.25, 0.3) is 0 Å². The van der Waals surface area contributed by atoms with E-state index in [9.17, 15) is 9.18 Å². The maximum Gasteiger partial charge on any atom is 0.256 e. The topological polar surface area (TPSA) is 59.6 Å². The third-order valence-electron chi connectivity index (χ3n) is 4.60. The van der Waals surface area contributed by atoms with Gasteiger partial charge in [0.1, 0.15) is 23.8 Å². The second-order valence-electron chi connectivity index (χ2n) is 6.35. The Labute approximate surface area is 164 Å². The Morgan fingerprint density at radius 2 is 1.93 bits per heavy atom. The molecule has 2 aromatic carbocycles. The molecule has 1 aliphatic rings. The van der Waals surface area contributed by atoms with Crippen molar-refractivity contribution in [3.63, 3.8) is 0 Å². The maximum atomic E-state index is 13.2. The minimum Gasteiger partial charge on any atom is -0.489 e. The number of benzene rings is 2. The van der Waals surface area contributed by atoms with E-state index in [1.54, 1.807) is 19.2 Å². The van der Waals surface area contributed by atoms with E-state index in [4.69, 9.17) is 9.47 Å². The maximum absolute atomic E-state index is 13.2. The fourth-order valence-electron chi connectivity index (χ4n) is 3.06. The van der Waals surface area contributed by atoms with Crippen molar-refractivity contribution >= 4 is 24.0 Å². The SMILES string of the molecule is COC1(C(=O)Nc2cccc(COc3cccc(F)c3)c2)CCNCC1.Cl. The molecular formula is C20H24ClFN2O3. The first-order chi connectivity index (χ1) is 12.6. The second-order valence-corrected chi connectivity index (χ2v) is 6.35. The van der Waals surface area contributed by atoms with Crippen LogP contribution in [0.2, 0.25) is 0 Å². The standard InChI is InChI=1S/C20H23FN2O3.ClH/c1-25-20(8-10-22-11-9-20)19(24)23-17-6-2-4-15(12-17)14-26-18-7-3-5-16(21)13-18;/h2-7,12-13,22H,8-11,14H2,1H3,(H,23,24);1H. The van der Waals surface area contributed by atoms with E-state index in [1.807, 2.05) is 24.3 Å². The summed E-state index contributed by atoms with van der Waals surface area (Å²) in [5.74, 6) is -0.00692. The van der Waals surface area contributed by atoms with Gasteiger partial charge in [-0.05, 0) is 55.8 Å². The van der Waals surface area contributed by atoms with Crippen LogP contribution in [0.4, 0.5) is 10.1 Å². The van der Waals surface area contributed by atoms with E-state index < -0.39 is 5.60 Å². The van der Waals surface area contributed by atoms with Gasteiger partial charge < -0.3 is 20.1 Å². The molecule has 3 rings (SSSR count). The number of hydrogen-bond acceptors (Lipinski definition) is 4. The summed E-state index contributed by atoms with van der Waals surface area (Å²) in [5, 5.41) is 6.18. The summed E-state index contributed by atoms with van der Waals surface area (Å²) in [6, 6.07) is 13.4. The number of carbonyl (C=O) groups excluding carboxylic acids is 1. The quantitative estimate of drug-likeness (QED) is 0.786. The molecule has 0 aliphatic carbocycles. The molecule has 0 spiro atoms. The van der Waals surface area contributed by atoms with Gasteiger partial charge in [0.25, 0.3) is 5.91 Å². The fourth-order valence-corrected chi connectivity index (χ4v) is 3.06. The van der Waals surface area contributed by atoms with Crippen LogP contribution in [0.15, 0.2) is 48.5 Å². The molecule has 1 amide bonds. The first kappa shape index (κ1) is 21.2. The average molecular weight is 395 g/mol. The second kappa shape index (κ2) is 9.69. The highest BCUT2D eigenvalue weighted by Gasteiger charge is 2.39. The molecule has 5 nitrogen and oxygen atoms in total. The monoisotopic (exact) mass is 394 g/mol. The summed E-state index contributed by atoms with van der Waals surface area (Å²) in [6.07, 6.45) is 1.27. The average Bonchev–Trinajstić information content (AvgIpc) is 2.67. The first-order valence-electron chi connectivity index (χ1n) is 8.66. The summed E-state index contributed by atoms with van der Waals surface area (Å²) < 4.78 is 24.4. The Morgan fingerprint density at radius 1 is 1.19 bits per heavy atom. The number of methoxy groups -OCH3 is 1. The zero-order valence-corrected chi connectivity index (χ0v) is 16.0. The normalized spacial score (nSPS) is 15.5. The van der Waals surface area contributed by atoms with Crippen molar-refractivity contribution in [1.82, 2.24) is 5.32 Å². The van der Waals surface area contributed by atoms with Crippen LogP contribution in [0, 0.1) is 5.82 Å². The van der Waals surface area contributed by atoms with Crippen molar-refractivity contribution in [1.29, 1.82) is 0 Å². The third-order valence-corrected chi connectivity index (χ3v) is 4.60. The molecule has 0 unspecified atom stereocenters. The van der Waals surface area contributed by atoms with Crippen molar-refractivity contribution in [3.8, 4) is 5.75 Å². The molecule has 0 aromatic heterocycles. The molecule has 0 saturated carbocycles. The summed E-state index contributed by atoms with van der Waals surface area (Å²) in [5.41, 5.74) is 0.772. The number of hydrogen-bond donors (Lipinski definition) is 2. The van der Waals surface area contributed by atoms with Gasteiger partial charge in [-0.25, -0.2) is 4.39 Å². The molecule has 0 radical (unpaired) electrons. The molecule has 7 heteroatoms. The Balaban J connectivity index is 0.00000261. The number of rotatable bonds is 6. The number of carbonyl (C=O) groups is 1. The lowest BCUT2D eigenvalue weighted by atomic mass is 9.91. The minimum absolute atomic E-state index is 0. The summed E-state index contributed by atoms with van der Waals surface area (Å²) >= 11 is 0. The van der Waals surface area contributed by atoms with Crippen LogP contribution in [-0.2, 0) is 16.1 Å². The molecule has 2 N–H and O–H groups in total. The van der Waals surface area contributed by atoms with Crippen LogP contribution in [-0.4, -0.2) is 31.7 Å². The fraction of sp³-hybridized carbons (Fsp3) is 0.350. The highest BCUT2D eigenvalue weighted by Crippen LogP contribution is 2.25. The van der Waals surface area contributed by atoms with Gasteiger partial charge in [-0.2, -0.15) is 0 Å². The molecule has 1 heterocycles. The predicted octanol–water partition coefficient (Wildman–Crippen LogP) is 3.53. The van der Waals surface area contributed by atoms with Crippen molar-refractivity contribution in [3.05, 3.63) is 59.9 Å². The Bertz CT molecular complexity index is 766. The van der Waals surface area contributed by atoms with Gasteiger partial charge in [0.2, 0.25) is 0 Å². The van der Waals surface area contributed by atoms with E-state index in [1.165, 1.54) is 12.1 Å². The molecule has 146 valence electrons. The van der Waals surface area contributed by atoms with E-state index in [0.29, 0.717) is 24.3 Å². The number of halogens is 2. The largest absolute Gasteiger partial charge is 0.489 e. The van der Waals surface area contributed by atoms with Crippen LogP contribution >= 0.6 is 12.4 Å². The highest BCUT2D eigenvalue weighted by atomic mass is 35.5. The third kappa shape index (κ3) is 5.42. The van der Waals surface area contributed by atoms with Gasteiger partial charge in [0.15, 0.2) is 0 Å². The molecule has 0 atom stereocenters. The van der Waals surface area contributed by atoms with Gasteiger partial charge in [-0.15, -0.1) is 12.4 Å². The van der Waals surface area contributed by atoms with Crippen LogP contribution < -0.4 is 15.4 Å². The molecule has 0 bridgehead atoms. The summed E-state index contributed by atoms with van der Waals surface area (Å²) in [6.45, 7) is 1.79. The minimum atomic E-state index is -0.792. The number of piperidine rings is 1. The zero-order valence-electron chi connectivity index (χ0n) is 15.2. The number of anilines is 1. The summed E-state index contributed by atoms with van der Waals surface area (Å²) in [4.78, 5) is 12.7. The predicted molar refractivity (Wildman–Crippen MR) is 105 cm³/mol. The van der Waals surface area contributed by atoms with E-state index in [2.05, 4.69) is 10.6 Å². The lowest BCUT2D eigenvalue weighted by Crippen LogP contribution is -2.51. The van der Waals surface area contributed by atoms with Crippen LogP contribution in [0.5, 0.6) is 5.75 Å². The van der Waals surface area contributed by atoms with Crippen LogP contribution in [0.1, 0.15) is 18.4 Å². The molecule has 1 aliphatic heterocycles. The smallest absolute Gasteiger partial charge is 0.256 e. The van der Waals surface area contributed by atoms with Crippen molar-refractivity contribution in [2.45, 2.75) is 25.0 Å². The number of ether oxygens (including phenoxy) is 2. The first-order valence-corrected chi connectivity index (χ1v) is 8.66. The molecule has 27 heavy (non-hydrogen) atoms. The molecule has 1 fully saturated rings. The van der Waals surface area contributed by atoms with E-state index in [-0.39, 0.29) is 30.7 Å². The van der Waals surface area contributed by atoms with Gasteiger partial charge >= 0.3 is 0 Å². The van der Waals surface area contributed by atoms with Crippen LogP contribution in [0.3, 0.4) is 0 Å². The Hall–Kier alpha value is -2.15. The number of nitrogens with one attached hydrogen (secondary N) is 2. The zero-order chi connectivity index (χ0) is 18.4. The van der Waals surface area contributed by atoms with Crippen molar-refractivity contribution in [2.75, 3.05) is 25.5 Å². The lowest BCUT2D eigenvalue weighted by Gasteiger charge is -2.34. The Morgan fingerprint density at radius 3 is 2.63 bits per heavy atom. The van der Waals surface area contributed by atoms with E-state index in [0.717, 1.165) is 18.7 Å². The summed E-state index contributed by atoms with van der Waals surface area (Å²) in [7, 11) is 1.58. The van der Waals surface area contributed by atoms with Crippen molar-refractivity contribution in [2.24, 2.45) is 0 Å². The molecule has 2 aromatic rings. The van der Waals surface area contributed by atoms with Gasteiger partial charge in [0.05, 0.1) is 0 Å². The lowest BCUT2D eigenvalue weighted by molar-refractivity contribution is -0.140. The van der Waals surface area contributed by atoms with Gasteiger partial charge in [-0.1, -0.05) is 18.2 Å².